The van der Waals surface area contributed by atoms with Gasteiger partial charge in [0.25, 0.3) is 0 Å². The lowest BCUT2D eigenvalue weighted by Gasteiger charge is -2.04. The second-order valence-corrected chi connectivity index (χ2v) is 4.18. The fourth-order valence-corrected chi connectivity index (χ4v) is 1.78. The van der Waals surface area contributed by atoms with E-state index in [1.807, 2.05) is 42.5 Å². The van der Waals surface area contributed by atoms with E-state index in [1.54, 1.807) is 18.3 Å². The zero-order chi connectivity index (χ0) is 12.1. The molecule has 0 bridgehead atoms. The third-order valence-electron chi connectivity index (χ3n) is 2.32. The number of hydroxylamine groups is 1. The Hall–Kier alpha value is -1.80. The highest BCUT2D eigenvalue weighted by Gasteiger charge is 1.99. The molecule has 0 heterocycles. The van der Waals surface area contributed by atoms with E-state index in [2.05, 4.69) is 0 Å². The van der Waals surface area contributed by atoms with E-state index in [1.165, 1.54) is 0 Å². The van der Waals surface area contributed by atoms with Gasteiger partial charge >= 0.3 is 0 Å². The van der Waals surface area contributed by atoms with Crippen LogP contribution in [0.4, 0.5) is 0 Å². The summed E-state index contributed by atoms with van der Waals surface area (Å²) in [4.78, 5) is 0. The van der Waals surface area contributed by atoms with E-state index < -0.39 is 0 Å². The zero-order valence-electron chi connectivity index (χ0n) is 9.21. The van der Waals surface area contributed by atoms with Gasteiger partial charge in [-0.15, -0.1) is 0 Å². The number of halogens is 1. The minimum Gasteiger partial charge on any atom is -0.624 e. The van der Waals surface area contributed by atoms with Crippen LogP contribution in [0.5, 0.6) is 0 Å². The number of benzene rings is 2. The summed E-state index contributed by atoms with van der Waals surface area (Å²) in [6.07, 6.45) is 1.57. The van der Waals surface area contributed by atoms with Crippen molar-refractivity contribution in [3.8, 4) is 0 Å². The normalized spacial score (nSPS) is 11.5. The molecule has 3 heteroatoms. The summed E-state index contributed by atoms with van der Waals surface area (Å²) in [7, 11) is 0. The Labute approximate surface area is 105 Å². The Kier molecular flexibility index (Phi) is 3.78. The molecule has 17 heavy (non-hydrogen) atoms. The molecule has 0 aromatic heterocycles. The van der Waals surface area contributed by atoms with Crippen molar-refractivity contribution in [3.05, 3.63) is 76.0 Å². The summed E-state index contributed by atoms with van der Waals surface area (Å²) >= 11 is 5.86. The average molecular weight is 246 g/mol. The topological polar surface area (TPSA) is 26.1 Å². The molecule has 2 aromatic rings. The van der Waals surface area contributed by atoms with Crippen LogP contribution in [0.15, 0.2) is 54.6 Å². The van der Waals surface area contributed by atoms with Gasteiger partial charge < -0.3 is 5.21 Å². The summed E-state index contributed by atoms with van der Waals surface area (Å²) in [5.41, 5.74) is 1.80. The number of hydrogen-bond acceptors (Lipinski definition) is 1. The van der Waals surface area contributed by atoms with E-state index in [0.29, 0.717) is 11.6 Å². The van der Waals surface area contributed by atoms with Gasteiger partial charge in [-0.1, -0.05) is 41.9 Å². The van der Waals surface area contributed by atoms with Crippen molar-refractivity contribution in [2.24, 2.45) is 0 Å². The van der Waals surface area contributed by atoms with Gasteiger partial charge in [-0.2, -0.15) is 0 Å². The van der Waals surface area contributed by atoms with Crippen molar-refractivity contribution in [3.63, 3.8) is 0 Å². The van der Waals surface area contributed by atoms with Gasteiger partial charge in [-0.25, -0.2) is 4.74 Å². The third-order valence-corrected chi connectivity index (χ3v) is 2.56. The molecule has 0 saturated carbocycles. The van der Waals surface area contributed by atoms with Crippen molar-refractivity contribution in [1.82, 2.24) is 0 Å². The Morgan fingerprint density at radius 2 is 1.82 bits per heavy atom. The van der Waals surface area contributed by atoms with Crippen LogP contribution in [0.2, 0.25) is 5.02 Å². The van der Waals surface area contributed by atoms with Crippen LogP contribution in [0.25, 0.3) is 0 Å². The predicted molar refractivity (Wildman–Crippen MR) is 70.4 cm³/mol. The molecule has 0 N–H and O–H groups in total. The third kappa shape index (κ3) is 3.61. The molecule has 2 rings (SSSR count). The molecule has 86 valence electrons. The van der Waals surface area contributed by atoms with E-state index in [-0.39, 0.29) is 0 Å². The van der Waals surface area contributed by atoms with Crippen LogP contribution in [-0.2, 0) is 6.54 Å². The molecule has 0 aliphatic rings. The summed E-state index contributed by atoms with van der Waals surface area (Å²) in [6, 6.07) is 16.8. The largest absolute Gasteiger partial charge is 0.624 e. The maximum atomic E-state index is 11.7. The first kappa shape index (κ1) is 11.7. The van der Waals surface area contributed by atoms with Crippen LogP contribution >= 0.6 is 11.6 Å². The smallest absolute Gasteiger partial charge is 0.182 e. The van der Waals surface area contributed by atoms with Crippen molar-refractivity contribution in [2.45, 2.75) is 6.54 Å². The Bertz CT molecular complexity index is 523. The van der Waals surface area contributed by atoms with E-state index in [9.17, 15) is 5.21 Å². The molecule has 2 aromatic carbocycles. The number of rotatable bonds is 3. The fraction of sp³-hybridized carbons (Fsp3) is 0.0714. The van der Waals surface area contributed by atoms with E-state index >= 15 is 0 Å². The van der Waals surface area contributed by atoms with Crippen LogP contribution < -0.4 is 0 Å². The molecule has 0 fully saturated rings. The van der Waals surface area contributed by atoms with Crippen molar-refractivity contribution in [2.75, 3.05) is 0 Å². The lowest BCUT2D eigenvalue weighted by molar-refractivity contribution is -0.469. The van der Waals surface area contributed by atoms with Gasteiger partial charge in [0.2, 0.25) is 0 Å². The molecule has 0 spiro atoms. The van der Waals surface area contributed by atoms with Crippen molar-refractivity contribution < 1.29 is 4.74 Å². The Morgan fingerprint density at radius 1 is 1.06 bits per heavy atom. The average Bonchev–Trinajstić information content (AvgIpc) is 2.30. The Balaban J connectivity index is 2.12. The lowest BCUT2D eigenvalue weighted by Crippen LogP contribution is -2.05. The quantitative estimate of drug-likeness (QED) is 0.352. The molecule has 0 amide bonds. The molecular formula is C14H12ClNO. The monoisotopic (exact) mass is 245 g/mol. The van der Waals surface area contributed by atoms with E-state index in [4.69, 9.17) is 11.6 Å². The summed E-state index contributed by atoms with van der Waals surface area (Å²) in [5.74, 6) is 0. The van der Waals surface area contributed by atoms with E-state index in [0.717, 1.165) is 15.9 Å². The molecular weight excluding hydrogens is 234 g/mol. The molecule has 2 nitrogen and oxygen atoms in total. The first-order chi connectivity index (χ1) is 8.24. The predicted octanol–water partition coefficient (Wildman–Crippen LogP) is 3.47. The second-order valence-electron chi connectivity index (χ2n) is 3.74. The van der Waals surface area contributed by atoms with Crippen LogP contribution in [-0.4, -0.2) is 11.0 Å². The van der Waals surface area contributed by atoms with Crippen molar-refractivity contribution >= 4 is 17.8 Å². The van der Waals surface area contributed by atoms with Crippen molar-refractivity contribution in [1.29, 1.82) is 0 Å². The van der Waals surface area contributed by atoms with Gasteiger partial charge in [0, 0.05) is 16.1 Å². The van der Waals surface area contributed by atoms with Gasteiger partial charge in [0.15, 0.2) is 12.8 Å². The maximum absolute atomic E-state index is 11.7. The zero-order valence-corrected chi connectivity index (χ0v) is 9.97. The van der Waals surface area contributed by atoms with Crippen LogP contribution in [0.1, 0.15) is 11.1 Å². The second kappa shape index (κ2) is 5.51. The molecule has 0 saturated heterocycles. The van der Waals surface area contributed by atoms with Crippen LogP contribution in [0, 0.1) is 5.21 Å². The molecule has 0 unspecified atom stereocenters. The highest BCUT2D eigenvalue weighted by atomic mass is 35.5. The molecule has 0 aliphatic carbocycles. The van der Waals surface area contributed by atoms with Gasteiger partial charge in [0.05, 0.1) is 0 Å². The summed E-state index contributed by atoms with van der Waals surface area (Å²) < 4.78 is 0.904. The molecule has 0 radical (unpaired) electrons. The SMILES string of the molecule is [O-][N+](=Cc1ccccc1)Cc1cccc(Cl)c1. The van der Waals surface area contributed by atoms with Gasteiger partial charge in [-0.05, 0) is 24.3 Å². The minimum atomic E-state index is 0.301. The Morgan fingerprint density at radius 3 is 2.53 bits per heavy atom. The summed E-state index contributed by atoms with van der Waals surface area (Å²) in [6.45, 7) is 0.301. The maximum Gasteiger partial charge on any atom is 0.182 e. The first-order valence-electron chi connectivity index (χ1n) is 5.32. The standard InChI is InChI=1S/C14H12ClNO/c15-14-8-4-7-13(9-14)11-16(17)10-12-5-2-1-3-6-12/h1-10H,11H2. The lowest BCUT2D eigenvalue weighted by atomic mass is 10.2. The van der Waals surface area contributed by atoms with Gasteiger partial charge in [-0.3, -0.25) is 0 Å². The highest BCUT2D eigenvalue weighted by Crippen LogP contribution is 2.11. The minimum absolute atomic E-state index is 0.301. The number of hydrogen-bond donors (Lipinski definition) is 0. The molecule has 0 atom stereocenters. The number of nitrogens with zero attached hydrogens (tertiary/aromatic N) is 1. The summed E-state index contributed by atoms with van der Waals surface area (Å²) in [5, 5.41) is 12.4. The highest BCUT2D eigenvalue weighted by molar-refractivity contribution is 6.30. The van der Waals surface area contributed by atoms with Gasteiger partial charge in [0.1, 0.15) is 0 Å². The molecule has 0 aliphatic heterocycles. The fourth-order valence-electron chi connectivity index (χ4n) is 1.57. The first-order valence-corrected chi connectivity index (χ1v) is 5.70. The van der Waals surface area contributed by atoms with Crippen LogP contribution in [0.3, 0.4) is 0 Å².